The van der Waals surface area contributed by atoms with E-state index in [1.165, 1.54) is 24.8 Å². The Kier molecular flexibility index (Phi) is 0.961. The highest BCUT2D eigenvalue weighted by molar-refractivity contribution is 6.02. The molecule has 2 bridgehead atoms. The van der Waals surface area contributed by atoms with Gasteiger partial charge in [0.1, 0.15) is 0 Å². The van der Waals surface area contributed by atoms with E-state index in [0.29, 0.717) is 17.6 Å². The van der Waals surface area contributed by atoms with E-state index in [0.717, 1.165) is 12.3 Å². The van der Waals surface area contributed by atoms with Crippen molar-refractivity contribution in [2.75, 3.05) is 0 Å². The van der Waals surface area contributed by atoms with E-state index in [1.54, 1.807) is 0 Å². The van der Waals surface area contributed by atoms with Crippen LogP contribution in [-0.2, 0) is 4.79 Å². The molecule has 0 amide bonds. The smallest absolute Gasteiger partial charge is 0.162 e. The second kappa shape index (κ2) is 1.77. The third-order valence-corrected chi connectivity index (χ3v) is 3.70. The molecule has 0 aliphatic heterocycles. The van der Waals surface area contributed by atoms with Crippen LogP contribution in [0.3, 0.4) is 0 Å². The van der Waals surface area contributed by atoms with Gasteiger partial charge in [0.15, 0.2) is 5.78 Å². The number of hydrogen-bond acceptors (Lipinski definition) is 1. The normalized spacial score (nSPS) is 46.4. The summed E-state index contributed by atoms with van der Waals surface area (Å²) in [5, 5.41) is 0. The van der Waals surface area contributed by atoms with Crippen molar-refractivity contribution < 1.29 is 4.79 Å². The lowest BCUT2D eigenvalue weighted by atomic mass is 9.86. The summed E-state index contributed by atoms with van der Waals surface area (Å²) < 4.78 is 0. The summed E-state index contributed by atoms with van der Waals surface area (Å²) in [4.78, 5) is 11.5. The van der Waals surface area contributed by atoms with Gasteiger partial charge in [-0.15, -0.1) is 0 Å². The van der Waals surface area contributed by atoms with Crippen LogP contribution in [0.25, 0.3) is 0 Å². The molecule has 0 heterocycles. The highest BCUT2D eigenvalue weighted by Gasteiger charge is 2.50. The fourth-order valence-corrected chi connectivity index (χ4v) is 3.24. The van der Waals surface area contributed by atoms with Crippen LogP contribution >= 0.6 is 0 Å². The van der Waals surface area contributed by atoms with Gasteiger partial charge >= 0.3 is 0 Å². The average Bonchev–Trinajstić information content (AvgIpc) is 2.61. The molecule has 2 saturated carbocycles. The second-order valence-electron chi connectivity index (χ2n) is 4.07. The van der Waals surface area contributed by atoms with Crippen molar-refractivity contribution in [3.63, 3.8) is 0 Å². The van der Waals surface area contributed by atoms with Crippen LogP contribution in [0.5, 0.6) is 0 Å². The number of fused-ring (bicyclic) bond motifs is 5. The van der Waals surface area contributed by atoms with Crippen LogP contribution < -0.4 is 0 Å². The standard InChI is InChI=1S/C10H12O/c11-10-8-4-5-9(10)7-3-1-2-6(7)8/h4,6-7,9H,1-3,5H2/t6-,7+,9-/m0/s1. The maximum absolute atomic E-state index is 11.5. The van der Waals surface area contributed by atoms with Gasteiger partial charge in [0, 0.05) is 5.92 Å². The Labute approximate surface area is 66.5 Å². The van der Waals surface area contributed by atoms with Crippen LogP contribution in [0.1, 0.15) is 25.7 Å². The summed E-state index contributed by atoms with van der Waals surface area (Å²) in [6, 6.07) is 0. The van der Waals surface area contributed by atoms with Crippen molar-refractivity contribution in [1.82, 2.24) is 0 Å². The summed E-state index contributed by atoms with van der Waals surface area (Å²) in [6.07, 6.45) is 7.22. The summed E-state index contributed by atoms with van der Waals surface area (Å²) >= 11 is 0. The maximum Gasteiger partial charge on any atom is 0.162 e. The van der Waals surface area contributed by atoms with Crippen molar-refractivity contribution in [2.24, 2.45) is 17.8 Å². The van der Waals surface area contributed by atoms with Crippen LogP contribution in [0.15, 0.2) is 11.6 Å². The Hall–Kier alpha value is -0.590. The molecule has 0 unspecified atom stereocenters. The minimum absolute atomic E-state index is 0.428. The molecule has 58 valence electrons. The predicted octanol–water partition coefficient (Wildman–Crippen LogP) is 1.93. The van der Waals surface area contributed by atoms with E-state index in [4.69, 9.17) is 0 Å². The van der Waals surface area contributed by atoms with Gasteiger partial charge in [0.05, 0.1) is 0 Å². The number of carbonyl (C=O) groups is 1. The molecule has 0 aromatic rings. The van der Waals surface area contributed by atoms with Gasteiger partial charge in [0.25, 0.3) is 0 Å². The molecule has 0 aromatic heterocycles. The summed E-state index contributed by atoms with van der Waals surface area (Å²) in [6.45, 7) is 0. The topological polar surface area (TPSA) is 17.1 Å². The number of carbonyl (C=O) groups excluding carboxylic acids is 1. The number of hydrogen-bond donors (Lipinski definition) is 0. The first kappa shape index (κ1) is 5.99. The molecular formula is C10H12O. The molecule has 3 rings (SSSR count). The summed E-state index contributed by atoms with van der Waals surface area (Å²) in [5.74, 6) is 2.39. The molecule has 3 aliphatic rings. The van der Waals surface area contributed by atoms with Gasteiger partial charge in [-0.2, -0.15) is 0 Å². The average molecular weight is 148 g/mol. The molecule has 0 N–H and O–H groups in total. The first-order chi connectivity index (χ1) is 5.38. The summed E-state index contributed by atoms with van der Waals surface area (Å²) in [7, 11) is 0. The summed E-state index contributed by atoms with van der Waals surface area (Å²) in [5.41, 5.74) is 1.21. The highest BCUT2D eigenvalue weighted by Crippen LogP contribution is 2.53. The molecule has 2 fully saturated rings. The number of ketones is 1. The highest BCUT2D eigenvalue weighted by atomic mass is 16.1. The fraction of sp³-hybridized carbons (Fsp3) is 0.700. The van der Waals surface area contributed by atoms with Crippen molar-refractivity contribution in [2.45, 2.75) is 25.7 Å². The molecule has 11 heavy (non-hydrogen) atoms. The lowest BCUT2D eigenvalue weighted by Crippen LogP contribution is -2.12. The molecule has 0 spiro atoms. The van der Waals surface area contributed by atoms with E-state index < -0.39 is 0 Å². The Morgan fingerprint density at radius 1 is 1.27 bits per heavy atom. The van der Waals surface area contributed by atoms with Gasteiger partial charge in [-0.05, 0) is 36.7 Å². The molecule has 1 nitrogen and oxygen atoms in total. The minimum atomic E-state index is 0.428. The molecule has 0 saturated heterocycles. The number of rotatable bonds is 0. The number of allylic oxidation sites excluding steroid dienone is 2. The Bertz CT molecular complexity index is 252. The van der Waals surface area contributed by atoms with Crippen LogP contribution in [0, 0.1) is 17.8 Å². The first-order valence-electron chi connectivity index (χ1n) is 4.62. The van der Waals surface area contributed by atoms with E-state index in [1.807, 2.05) is 0 Å². The van der Waals surface area contributed by atoms with Gasteiger partial charge in [-0.25, -0.2) is 0 Å². The quantitative estimate of drug-likeness (QED) is 0.513. The second-order valence-corrected chi connectivity index (χ2v) is 4.07. The molecule has 0 radical (unpaired) electrons. The largest absolute Gasteiger partial charge is 0.294 e. The monoisotopic (exact) mass is 148 g/mol. The van der Waals surface area contributed by atoms with Crippen molar-refractivity contribution >= 4 is 5.78 Å². The van der Waals surface area contributed by atoms with Crippen LogP contribution in [0.2, 0.25) is 0 Å². The molecular weight excluding hydrogens is 136 g/mol. The third-order valence-electron chi connectivity index (χ3n) is 3.70. The van der Waals surface area contributed by atoms with Crippen molar-refractivity contribution in [3.05, 3.63) is 11.6 Å². The molecule has 0 aromatic carbocycles. The molecule has 1 heteroatoms. The SMILES string of the molecule is O=C1C2=CC[C@H]1[C@@H]1CCC[C@H]21. The zero-order valence-electron chi connectivity index (χ0n) is 6.55. The van der Waals surface area contributed by atoms with Crippen molar-refractivity contribution in [1.29, 1.82) is 0 Å². The molecule has 3 atom stereocenters. The van der Waals surface area contributed by atoms with Gasteiger partial charge < -0.3 is 0 Å². The fourth-order valence-electron chi connectivity index (χ4n) is 3.24. The maximum atomic E-state index is 11.5. The predicted molar refractivity (Wildman–Crippen MR) is 42.0 cm³/mol. The van der Waals surface area contributed by atoms with E-state index >= 15 is 0 Å². The van der Waals surface area contributed by atoms with E-state index in [2.05, 4.69) is 6.08 Å². The van der Waals surface area contributed by atoms with Crippen LogP contribution in [-0.4, -0.2) is 5.78 Å². The number of Topliss-reactive ketones (excluding diaryl/α,β-unsaturated/α-hetero) is 1. The van der Waals surface area contributed by atoms with Gasteiger partial charge in [0.2, 0.25) is 0 Å². The Morgan fingerprint density at radius 2 is 2.18 bits per heavy atom. The van der Waals surface area contributed by atoms with Crippen LogP contribution in [0.4, 0.5) is 0 Å². The third kappa shape index (κ3) is 0.559. The van der Waals surface area contributed by atoms with Crippen molar-refractivity contribution in [3.8, 4) is 0 Å². The lowest BCUT2D eigenvalue weighted by Gasteiger charge is -2.16. The van der Waals surface area contributed by atoms with E-state index in [-0.39, 0.29) is 0 Å². The molecule has 3 aliphatic carbocycles. The lowest BCUT2D eigenvalue weighted by molar-refractivity contribution is -0.117. The Morgan fingerprint density at radius 3 is 3.00 bits per heavy atom. The zero-order valence-corrected chi connectivity index (χ0v) is 6.55. The first-order valence-corrected chi connectivity index (χ1v) is 4.62. The zero-order chi connectivity index (χ0) is 7.42. The minimum Gasteiger partial charge on any atom is -0.294 e. The Balaban J connectivity index is 2.08. The van der Waals surface area contributed by atoms with Gasteiger partial charge in [-0.1, -0.05) is 12.5 Å². The van der Waals surface area contributed by atoms with E-state index in [9.17, 15) is 4.79 Å². The van der Waals surface area contributed by atoms with Gasteiger partial charge in [-0.3, -0.25) is 4.79 Å².